The summed E-state index contributed by atoms with van der Waals surface area (Å²) in [7, 11) is 1.23. The van der Waals surface area contributed by atoms with Gasteiger partial charge in [-0.15, -0.1) is 0 Å². The molecule has 1 aromatic carbocycles. The van der Waals surface area contributed by atoms with Crippen molar-refractivity contribution in [2.24, 2.45) is 0 Å². The Morgan fingerprint density at radius 1 is 1.17 bits per heavy atom. The second-order valence-corrected chi connectivity index (χ2v) is 4.07. The van der Waals surface area contributed by atoms with E-state index in [-0.39, 0.29) is 5.75 Å². The van der Waals surface area contributed by atoms with Crippen molar-refractivity contribution in [2.75, 3.05) is 38.2 Å². The van der Waals surface area contributed by atoms with Gasteiger partial charge < -0.3 is 14.5 Å². The topological polar surface area (TPSA) is 32.8 Å². The normalized spacial score (nSPS) is 15.7. The van der Waals surface area contributed by atoms with Crippen LogP contribution in [0.1, 0.15) is 0 Å². The molecule has 1 aliphatic rings. The van der Waals surface area contributed by atoms with Crippen LogP contribution in [0.4, 0.5) is 14.5 Å². The van der Waals surface area contributed by atoms with Crippen LogP contribution in [0.3, 0.4) is 0 Å². The minimum Gasteiger partial charge on any atom is -0.491 e. The van der Waals surface area contributed by atoms with Gasteiger partial charge in [0, 0.05) is 44.0 Å². The first-order valence-corrected chi connectivity index (χ1v) is 5.63. The van der Waals surface area contributed by atoms with Gasteiger partial charge in [0.25, 0.3) is 0 Å². The number of amides is 1. The molecule has 1 aliphatic heterocycles. The lowest BCUT2D eigenvalue weighted by molar-refractivity contribution is -0.118. The highest BCUT2D eigenvalue weighted by Crippen LogP contribution is 2.27. The van der Waals surface area contributed by atoms with Crippen LogP contribution in [0.25, 0.3) is 0 Å². The summed E-state index contributed by atoms with van der Waals surface area (Å²) in [4.78, 5) is 14.0. The molecule has 0 aromatic heterocycles. The average molecular weight is 256 g/mol. The number of methoxy groups -OCH3 is 1. The van der Waals surface area contributed by atoms with Gasteiger partial charge in [-0.3, -0.25) is 4.79 Å². The third-order valence-electron chi connectivity index (χ3n) is 3.02. The number of ether oxygens (including phenoxy) is 1. The third kappa shape index (κ3) is 2.37. The van der Waals surface area contributed by atoms with E-state index in [0.717, 1.165) is 6.41 Å². The molecule has 0 saturated carbocycles. The summed E-state index contributed by atoms with van der Waals surface area (Å²) in [5, 5.41) is 0. The van der Waals surface area contributed by atoms with Gasteiger partial charge in [0.2, 0.25) is 6.41 Å². The molecule has 1 saturated heterocycles. The molecule has 0 radical (unpaired) electrons. The number of benzene rings is 1. The van der Waals surface area contributed by atoms with Crippen LogP contribution >= 0.6 is 0 Å². The van der Waals surface area contributed by atoms with E-state index in [0.29, 0.717) is 31.9 Å². The summed E-state index contributed by atoms with van der Waals surface area (Å²) in [5.41, 5.74) is 0.469. The molecule has 1 fully saturated rings. The van der Waals surface area contributed by atoms with E-state index >= 15 is 0 Å². The summed E-state index contributed by atoms with van der Waals surface area (Å²) < 4.78 is 31.7. The Bertz CT molecular complexity index is 423. The Hall–Kier alpha value is -1.85. The summed E-state index contributed by atoms with van der Waals surface area (Å²) in [6.07, 6.45) is 0.784. The molecular formula is C12H14F2N2O2. The van der Waals surface area contributed by atoms with Crippen LogP contribution in [-0.4, -0.2) is 44.6 Å². The monoisotopic (exact) mass is 256 g/mol. The summed E-state index contributed by atoms with van der Waals surface area (Å²) in [6.45, 7) is 2.23. The van der Waals surface area contributed by atoms with Gasteiger partial charge in [-0.05, 0) is 0 Å². The minimum atomic E-state index is -0.717. The molecular weight excluding hydrogens is 242 g/mol. The highest BCUT2D eigenvalue weighted by atomic mass is 19.1. The van der Waals surface area contributed by atoms with Crippen LogP contribution in [0.5, 0.6) is 5.75 Å². The molecule has 18 heavy (non-hydrogen) atoms. The van der Waals surface area contributed by atoms with Crippen molar-refractivity contribution in [1.29, 1.82) is 0 Å². The quantitative estimate of drug-likeness (QED) is 0.763. The zero-order valence-electron chi connectivity index (χ0n) is 10.0. The van der Waals surface area contributed by atoms with Crippen molar-refractivity contribution in [3.63, 3.8) is 0 Å². The molecule has 0 spiro atoms. The highest BCUT2D eigenvalue weighted by molar-refractivity contribution is 5.53. The van der Waals surface area contributed by atoms with Crippen molar-refractivity contribution in [3.05, 3.63) is 23.8 Å². The summed E-state index contributed by atoms with van der Waals surface area (Å²) in [5.74, 6) is -1.80. The van der Waals surface area contributed by atoms with Crippen LogP contribution < -0.4 is 9.64 Å². The van der Waals surface area contributed by atoms with E-state index in [4.69, 9.17) is 0 Å². The van der Waals surface area contributed by atoms with E-state index in [1.807, 2.05) is 4.90 Å². The smallest absolute Gasteiger partial charge is 0.209 e. The van der Waals surface area contributed by atoms with Crippen molar-refractivity contribution in [1.82, 2.24) is 4.90 Å². The molecule has 1 amide bonds. The van der Waals surface area contributed by atoms with E-state index in [1.54, 1.807) is 4.90 Å². The molecule has 0 N–H and O–H groups in total. The van der Waals surface area contributed by atoms with Crippen molar-refractivity contribution < 1.29 is 18.3 Å². The number of hydrogen-bond acceptors (Lipinski definition) is 3. The predicted molar refractivity (Wildman–Crippen MR) is 62.8 cm³/mol. The van der Waals surface area contributed by atoms with E-state index in [1.165, 1.54) is 19.2 Å². The van der Waals surface area contributed by atoms with Crippen LogP contribution in [0.2, 0.25) is 0 Å². The fraction of sp³-hybridized carbons (Fsp3) is 0.417. The maximum Gasteiger partial charge on any atom is 0.209 e. The number of nitrogens with zero attached hydrogens (tertiary/aromatic N) is 2. The largest absolute Gasteiger partial charge is 0.491 e. The molecule has 0 bridgehead atoms. The van der Waals surface area contributed by atoms with Gasteiger partial charge >= 0.3 is 0 Å². The first-order valence-electron chi connectivity index (χ1n) is 5.63. The van der Waals surface area contributed by atoms with Crippen LogP contribution in [-0.2, 0) is 4.79 Å². The Labute approximate surface area is 104 Å². The SMILES string of the molecule is COc1c(F)cc(N2CCN(C=O)CC2)cc1F. The van der Waals surface area contributed by atoms with E-state index in [2.05, 4.69) is 4.74 Å². The first kappa shape index (κ1) is 12.6. The summed E-state index contributed by atoms with van der Waals surface area (Å²) >= 11 is 0. The lowest BCUT2D eigenvalue weighted by atomic mass is 10.2. The molecule has 4 nitrogen and oxygen atoms in total. The Morgan fingerprint density at radius 3 is 2.17 bits per heavy atom. The molecule has 1 heterocycles. The summed E-state index contributed by atoms with van der Waals surface area (Å²) in [6, 6.07) is 2.50. The van der Waals surface area contributed by atoms with Gasteiger partial charge in [-0.25, -0.2) is 8.78 Å². The lowest BCUT2D eigenvalue weighted by Crippen LogP contribution is -2.45. The van der Waals surface area contributed by atoms with Gasteiger partial charge in [-0.1, -0.05) is 0 Å². The fourth-order valence-corrected chi connectivity index (χ4v) is 2.01. The van der Waals surface area contributed by atoms with Gasteiger partial charge in [0.05, 0.1) is 7.11 Å². The molecule has 1 aromatic rings. The van der Waals surface area contributed by atoms with Gasteiger partial charge in [0.15, 0.2) is 17.4 Å². The third-order valence-corrected chi connectivity index (χ3v) is 3.02. The van der Waals surface area contributed by atoms with E-state index < -0.39 is 11.6 Å². The molecule has 2 rings (SSSR count). The average Bonchev–Trinajstić information content (AvgIpc) is 2.38. The number of carbonyl (C=O) groups is 1. The molecule has 0 unspecified atom stereocenters. The fourth-order valence-electron chi connectivity index (χ4n) is 2.01. The number of piperazine rings is 1. The van der Waals surface area contributed by atoms with Crippen LogP contribution in [0.15, 0.2) is 12.1 Å². The Balaban J connectivity index is 2.17. The standard InChI is InChI=1S/C12H14F2N2O2/c1-18-12-10(13)6-9(7-11(12)14)16-4-2-15(8-17)3-5-16/h6-8H,2-5H2,1H3. The van der Waals surface area contributed by atoms with Gasteiger partial charge in [-0.2, -0.15) is 0 Å². The van der Waals surface area contributed by atoms with Gasteiger partial charge in [0.1, 0.15) is 0 Å². The molecule has 6 heteroatoms. The maximum absolute atomic E-state index is 13.6. The Morgan fingerprint density at radius 2 is 1.72 bits per heavy atom. The number of anilines is 1. The zero-order valence-corrected chi connectivity index (χ0v) is 10.0. The first-order chi connectivity index (χ1) is 8.65. The molecule has 98 valence electrons. The maximum atomic E-state index is 13.6. The minimum absolute atomic E-state index is 0.370. The number of carbonyl (C=O) groups excluding carboxylic acids is 1. The van der Waals surface area contributed by atoms with Crippen molar-refractivity contribution in [2.45, 2.75) is 0 Å². The zero-order chi connectivity index (χ0) is 13.1. The number of rotatable bonds is 3. The Kier molecular flexibility index (Phi) is 3.64. The number of hydrogen-bond donors (Lipinski definition) is 0. The predicted octanol–water partition coefficient (Wildman–Crippen LogP) is 1.25. The van der Waals surface area contributed by atoms with Crippen molar-refractivity contribution >= 4 is 12.1 Å². The lowest BCUT2D eigenvalue weighted by Gasteiger charge is -2.34. The molecule has 0 aliphatic carbocycles. The van der Waals surface area contributed by atoms with Crippen molar-refractivity contribution in [3.8, 4) is 5.75 Å². The highest BCUT2D eigenvalue weighted by Gasteiger charge is 2.19. The second-order valence-electron chi connectivity index (χ2n) is 4.07. The molecule has 0 atom stereocenters. The number of halogens is 2. The van der Waals surface area contributed by atoms with E-state index in [9.17, 15) is 13.6 Å². The van der Waals surface area contributed by atoms with Crippen LogP contribution in [0, 0.1) is 11.6 Å². The second kappa shape index (κ2) is 5.20.